The predicted octanol–water partition coefficient (Wildman–Crippen LogP) is 4.17. The molecule has 0 aliphatic carbocycles. The van der Waals surface area contributed by atoms with E-state index < -0.39 is 0 Å². The van der Waals surface area contributed by atoms with Crippen molar-refractivity contribution in [1.29, 1.82) is 0 Å². The van der Waals surface area contributed by atoms with Gasteiger partial charge in [0.15, 0.2) is 0 Å². The third kappa shape index (κ3) is 5.91. The number of hydrogen-bond donors (Lipinski definition) is 0. The first-order chi connectivity index (χ1) is 10.4. The molecule has 0 aromatic carbocycles. The number of likely N-dealkylation sites (tertiary alicyclic amines) is 1. The number of carbonyl (C=O) groups excluding carboxylic acids is 1. The van der Waals surface area contributed by atoms with Crippen molar-refractivity contribution in [1.82, 2.24) is 9.80 Å². The summed E-state index contributed by atoms with van der Waals surface area (Å²) in [6.45, 7) is 13.0. The lowest BCUT2D eigenvalue weighted by Gasteiger charge is -2.42. The highest BCUT2D eigenvalue weighted by Gasteiger charge is 2.34. The van der Waals surface area contributed by atoms with Crippen molar-refractivity contribution in [2.45, 2.75) is 72.6 Å². The van der Waals surface area contributed by atoms with Gasteiger partial charge < -0.3 is 9.80 Å². The standard InChI is InChI=1S/C19H38N2O/c1-6-8-9-13-20(5)14-10-19(7-2)11-15-21(16-12-19)18(22)17(3)4/h17H,6-16H2,1-5H3. The molecule has 0 spiro atoms. The van der Waals surface area contributed by atoms with Gasteiger partial charge in [0, 0.05) is 19.0 Å². The first-order valence-corrected chi connectivity index (χ1v) is 9.41. The van der Waals surface area contributed by atoms with Crippen LogP contribution in [-0.2, 0) is 4.79 Å². The van der Waals surface area contributed by atoms with Crippen LogP contribution in [0.1, 0.15) is 72.6 Å². The fourth-order valence-corrected chi connectivity index (χ4v) is 3.52. The van der Waals surface area contributed by atoms with Crippen LogP contribution in [0.4, 0.5) is 0 Å². The third-order valence-electron chi connectivity index (χ3n) is 5.55. The summed E-state index contributed by atoms with van der Waals surface area (Å²) in [4.78, 5) is 16.7. The Hall–Kier alpha value is -0.570. The number of hydrogen-bond acceptors (Lipinski definition) is 2. The van der Waals surface area contributed by atoms with Crippen LogP contribution in [0.15, 0.2) is 0 Å². The molecule has 1 heterocycles. The molecular formula is C19H38N2O. The number of amides is 1. The molecule has 3 nitrogen and oxygen atoms in total. The van der Waals surface area contributed by atoms with Crippen molar-refractivity contribution < 1.29 is 4.79 Å². The van der Waals surface area contributed by atoms with Gasteiger partial charge in [-0.05, 0) is 51.2 Å². The number of rotatable bonds is 9. The minimum absolute atomic E-state index is 0.138. The van der Waals surface area contributed by atoms with E-state index in [4.69, 9.17) is 0 Å². The molecular weight excluding hydrogens is 272 g/mol. The Balaban J connectivity index is 2.39. The Morgan fingerprint density at radius 3 is 2.27 bits per heavy atom. The van der Waals surface area contributed by atoms with Gasteiger partial charge in [-0.1, -0.05) is 47.0 Å². The van der Waals surface area contributed by atoms with Crippen molar-refractivity contribution in [3.63, 3.8) is 0 Å². The fraction of sp³-hybridized carbons (Fsp3) is 0.947. The third-order valence-corrected chi connectivity index (χ3v) is 5.55. The van der Waals surface area contributed by atoms with Crippen LogP contribution >= 0.6 is 0 Å². The normalized spacial score (nSPS) is 18.2. The number of carbonyl (C=O) groups is 1. The van der Waals surface area contributed by atoms with Crippen molar-refractivity contribution in [2.75, 3.05) is 33.2 Å². The van der Waals surface area contributed by atoms with E-state index >= 15 is 0 Å². The van der Waals surface area contributed by atoms with E-state index in [2.05, 4.69) is 30.7 Å². The monoisotopic (exact) mass is 310 g/mol. The summed E-state index contributed by atoms with van der Waals surface area (Å²) < 4.78 is 0. The number of piperidine rings is 1. The zero-order chi connectivity index (χ0) is 16.6. The molecule has 0 radical (unpaired) electrons. The molecule has 0 bridgehead atoms. The van der Waals surface area contributed by atoms with E-state index in [1.54, 1.807) is 0 Å². The number of unbranched alkanes of at least 4 members (excludes halogenated alkanes) is 2. The zero-order valence-corrected chi connectivity index (χ0v) is 15.7. The molecule has 1 aliphatic rings. The topological polar surface area (TPSA) is 23.6 Å². The summed E-state index contributed by atoms with van der Waals surface area (Å²) in [5.41, 5.74) is 0.465. The first kappa shape index (κ1) is 19.5. The van der Waals surface area contributed by atoms with Gasteiger partial charge in [0.1, 0.15) is 0 Å². The average molecular weight is 311 g/mol. The summed E-state index contributed by atoms with van der Waals surface area (Å²) in [7, 11) is 2.26. The van der Waals surface area contributed by atoms with E-state index in [-0.39, 0.29) is 5.92 Å². The second-order valence-corrected chi connectivity index (χ2v) is 7.59. The predicted molar refractivity (Wildman–Crippen MR) is 95.0 cm³/mol. The molecule has 3 heteroatoms. The van der Waals surface area contributed by atoms with Crippen molar-refractivity contribution in [2.24, 2.45) is 11.3 Å². The molecule has 130 valence electrons. The van der Waals surface area contributed by atoms with Gasteiger partial charge in [0.2, 0.25) is 5.91 Å². The van der Waals surface area contributed by atoms with Crippen LogP contribution in [0, 0.1) is 11.3 Å². The maximum Gasteiger partial charge on any atom is 0.225 e. The molecule has 0 atom stereocenters. The molecule has 22 heavy (non-hydrogen) atoms. The number of nitrogens with zero attached hydrogens (tertiary/aromatic N) is 2. The SMILES string of the molecule is CCCCCN(C)CCC1(CC)CCN(C(=O)C(C)C)CC1. The lowest BCUT2D eigenvalue weighted by Crippen LogP contribution is -2.45. The van der Waals surface area contributed by atoms with E-state index in [0.29, 0.717) is 11.3 Å². The van der Waals surface area contributed by atoms with Crippen LogP contribution in [-0.4, -0.2) is 48.9 Å². The molecule has 0 saturated carbocycles. The van der Waals surface area contributed by atoms with Crippen LogP contribution in [0.2, 0.25) is 0 Å². The average Bonchev–Trinajstić information content (AvgIpc) is 2.53. The second-order valence-electron chi connectivity index (χ2n) is 7.59. The Kier molecular flexibility index (Phi) is 8.45. The minimum atomic E-state index is 0.138. The van der Waals surface area contributed by atoms with Crippen molar-refractivity contribution >= 4 is 5.91 Å². The van der Waals surface area contributed by atoms with E-state index in [9.17, 15) is 4.79 Å². The first-order valence-electron chi connectivity index (χ1n) is 9.41. The van der Waals surface area contributed by atoms with Gasteiger partial charge >= 0.3 is 0 Å². The fourth-order valence-electron chi connectivity index (χ4n) is 3.52. The highest BCUT2D eigenvalue weighted by atomic mass is 16.2. The van der Waals surface area contributed by atoms with E-state index in [1.807, 2.05) is 13.8 Å². The summed E-state index contributed by atoms with van der Waals surface area (Å²) in [6.07, 6.45) is 8.87. The van der Waals surface area contributed by atoms with Crippen LogP contribution in [0.3, 0.4) is 0 Å². The van der Waals surface area contributed by atoms with Gasteiger partial charge in [0.25, 0.3) is 0 Å². The van der Waals surface area contributed by atoms with Crippen molar-refractivity contribution in [3.05, 3.63) is 0 Å². The van der Waals surface area contributed by atoms with Crippen LogP contribution in [0.5, 0.6) is 0 Å². The highest BCUT2D eigenvalue weighted by Crippen LogP contribution is 2.38. The second kappa shape index (κ2) is 9.54. The summed E-state index contributed by atoms with van der Waals surface area (Å²) >= 11 is 0. The Labute approximate surface area is 138 Å². The maximum atomic E-state index is 12.1. The lowest BCUT2D eigenvalue weighted by atomic mass is 9.73. The van der Waals surface area contributed by atoms with Gasteiger partial charge in [-0.15, -0.1) is 0 Å². The Bertz CT molecular complexity index is 319. The van der Waals surface area contributed by atoms with Gasteiger partial charge in [-0.2, -0.15) is 0 Å². The summed E-state index contributed by atoms with van der Waals surface area (Å²) in [5.74, 6) is 0.472. The minimum Gasteiger partial charge on any atom is -0.342 e. The molecule has 1 saturated heterocycles. The molecule has 0 unspecified atom stereocenters. The lowest BCUT2D eigenvalue weighted by molar-refractivity contribution is -0.137. The molecule has 1 amide bonds. The van der Waals surface area contributed by atoms with E-state index in [1.165, 1.54) is 58.0 Å². The van der Waals surface area contributed by atoms with Crippen molar-refractivity contribution in [3.8, 4) is 0 Å². The van der Waals surface area contributed by atoms with E-state index in [0.717, 1.165) is 13.1 Å². The molecule has 0 N–H and O–H groups in total. The quantitative estimate of drug-likeness (QED) is 0.597. The highest BCUT2D eigenvalue weighted by molar-refractivity contribution is 5.78. The Morgan fingerprint density at radius 1 is 1.14 bits per heavy atom. The van der Waals surface area contributed by atoms with Crippen LogP contribution < -0.4 is 0 Å². The van der Waals surface area contributed by atoms with Crippen LogP contribution in [0.25, 0.3) is 0 Å². The summed E-state index contributed by atoms with van der Waals surface area (Å²) in [6, 6.07) is 0. The Morgan fingerprint density at radius 2 is 1.77 bits per heavy atom. The van der Waals surface area contributed by atoms with Gasteiger partial charge in [0.05, 0.1) is 0 Å². The van der Waals surface area contributed by atoms with Gasteiger partial charge in [-0.25, -0.2) is 0 Å². The molecule has 1 aliphatic heterocycles. The van der Waals surface area contributed by atoms with Gasteiger partial charge in [-0.3, -0.25) is 4.79 Å². The zero-order valence-electron chi connectivity index (χ0n) is 15.7. The molecule has 1 rings (SSSR count). The molecule has 0 aromatic heterocycles. The summed E-state index contributed by atoms with van der Waals surface area (Å²) in [5, 5.41) is 0. The maximum absolute atomic E-state index is 12.1. The smallest absolute Gasteiger partial charge is 0.225 e. The molecule has 1 fully saturated rings. The largest absolute Gasteiger partial charge is 0.342 e. The molecule has 0 aromatic rings.